The molecule has 0 saturated heterocycles. The lowest BCUT2D eigenvalue weighted by molar-refractivity contribution is -0.123. The number of carbonyl (C=O) groups excluding carboxylic acids is 1. The van der Waals surface area contributed by atoms with Gasteiger partial charge in [-0.25, -0.2) is 5.43 Å². The third-order valence-electron chi connectivity index (χ3n) is 3.48. The molecule has 0 aromatic heterocycles. The number of amides is 1. The third-order valence-corrected chi connectivity index (χ3v) is 3.48. The second kappa shape index (κ2) is 7.58. The molecule has 0 aliphatic heterocycles. The van der Waals surface area contributed by atoms with Crippen molar-refractivity contribution in [2.45, 2.75) is 27.7 Å². The molecule has 0 aliphatic rings. The van der Waals surface area contributed by atoms with Gasteiger partial charge in [-0.15, -0.1) is 0 Å². The predicted octanol–water partition coefficient (Wildman–Crippen LogP) is 3.45. The van der Waals surface area contributed by atoms with Gasteiger partial charge in [0.15, 0.2) is 6.61 Å². The van der Waals surface area contributed by atoms with E-state index in [9.17, 15) is 4.79 Å². The molecule has 120 valence electrons. The maximum absolute atomic E-state index is 11.8. The summed E-state index contributed by atoms with van der Waals surface area (Å²) in [6.45, 7) is 8.04. The van der Waals surface area contributed by atoms with Crippen molar-refractivity contribution in [1.29, 1.82) is 0 Å². The van der Waals surface area contributed by atoms with Gasteiger partial charge in [0.05, 0.1) is 6.21 Å². The van der Waals surface area contributed by atoms with E-state index < -0.39 is 0 Å². The summed E-state index contributed by atoms with van der Waals surface area (Å²) >= 11 is 0. The lowest BCUT2D eigenvalue weighted by Crippen LogP contribution is -2.24. The van der Waals surface area contributed by atoms with E-state index in [1.54, 1.807) is 6.21 Å². The molecular weight excluding hydrogens is 288 g/mol. The average molecular weight is 310 g/mol. The van der Waals surface area contributed by atoms with Crippen molar-refractivity contribution in [2.24, 2.45) is 5.10 Å². The molecule has 4 nitrogen and oxygen atoms in total. The van der Waals surface area contributed by atoms with E-state index in [2.05, 4.69) is 29.6 Å². The highest BCUT2D eigenvalue weighted by molar-refractivity contribution is 5.85. The highest BCUT2D eigenvalue weighted by Gasteiger charge is 2.03. The minimum atomic E-state index is -0.287. The Bertz CT molecular complexity index is 713. The summed E-state index contributed by atoms with van der Waals surface area (Å²) in [5.41, 5.74) is 8.09. The van der Waals surface area contributed by atoms with Crippen molar-refractivity contribution in [3.8, 4) is 5.75 Å². The van der Waals surface area contributed by atoms with Crippen LogP contribution in [-0.4, -0.2) is 18.7 Å². The van der Waals surface area contributed by atoms with Gasteiger partial charge in [0.25, 0.3) is 5.91 Å². The Hall–Kier alpha value is -2.62. The van der Waals surface area contributed by atoms with Gasteiger partial charge in [0, 0.05) is 5.56 Å². The molecule has 0 aliphatic carbocycles. The van der Waals surface area contributed by atoms with Crippen LogP contribution in [0, 0.1) is 27.7 Å². The van der Waals surface area contributed by atoms with Gasteiger partial charge in [0.2, 0.25) is 0 Å². The van der Waals surface area contributed by atoms with Crippen LogP contribution < -0.4 is 10.2 Å². The maximum atomic E-state index is 11.8. The molecule has 0 fully saturated rings. The molecule has 4 heteroatoms. The second-order valence-electron chi connectivity index (χ2n) is 5.71. The molecule has 0 atom stereocenters. The Kier molecular flexibility index (Phi) is 5.52. The molecule has 1 amide bonds. The topological polar surface area (TPSA) is 50.7 Å². The van der Waals surface area contributed by atoms with Crippen LogP contribution in [-0.2, 0) is 4.79 Å². The molecule has 0 unspecified atom stereocenters. The molecule has 2 rings (SSSR count). The Balaban J connectivity index is 1.89. The highest BCUT2D eigenvalue weighted by atomic mass is 16.5. The number of carbonyl (C=O) groups is 1. The smallest absolute Gasteiger partial charge is 0.277 e. The summed E-state index contributed by atoms with van der Waals surface area (Å²) < 4.78 is 5.43. The Labute approximate surface area is 137 Å². The number of ether oxygens (including phenoxy) is 1. The van der Waals surface area contributed by atoms with Crippen molar-refractivity contribution < 1.29 is 9.53 Å². The Morgan fingerprint density at radius 2 is 1.78 bits per heavy atom. The van der Waals surface area contributed by atoms with Crippen LogP contribution in [0.1, 0.15) is 27.8 Å². The summed E-state index contributed by atoms with van der Waals surface area (Å²) in [5.74, 6) is 0.388. The molecule has 0 spiro atoms. The number of rotatable bonds is 5. The first-order chi connectivity index (χ1) is 11.0. The first-order valence-electron chi connectivity index (χ1n) is 7.55. The van der Waals surface area contributed by atoms with E-state index in [0.29, 0.717) is 5.75 Å². The van der Waals surface area contributed by atoms with Gasteiger partial charge >= 0.3 is 0 Å². The Morgan fingerprint density at radius 3 is 2.43 bits per heavy atom. The van der Waals surface area contributed by atoms with Gasteiger partial charge in [-0.1, -0.05) is 29.8 Å². The van der Waals surface area contributed by atoms with Crippen LogP contribution in [0.3, 0.4) is 0 Å². The molecule has 1 N–H and O–H groups in total. The molecule has 2 aromatic carbocycles. The minimum absolute atomic E-state index is 0.0628. The van der Waals surface area contributed by atoms with E-state index in [1.807, 2.05) is 45.0 Å². The highest BCUT2D eigenvalue weighted by Crippen LogP contribution is 2.14. The summed E-state index contributed by atoms with van der Waals surface area (Å²) in [6, 6.07) is 11.8. The first-order valence-corrected chi connectivity index (χ1v) is 7.55. The third kappa shape index (κ3) is 4.95. The standard InChI is InChI=1S/C19H22N2O2/c1-13-6-5-7-17(10-13)23-12-19(22)21-20-11-18-15(3)8-14(2)9-16(18)4/h5-11H,12H2,1-4H3,(H,21,22)/b20-11+. The van der Waals surface area contributed by atoms with E-state index in [0.717, 1.165) is 22.3 Å². The minimum Gasteiger partial charge on any atom is -0.484 e. The van der Waals surface area contributed by atoms with E-state index in [4.69, 9.17) is 4.74 Å². The van der Waals surface area contributed by atoms with Crippen LogP contribution in [0.15, 0.2) is 41.5 Å². The summed E-state index contributed by atoms with van der Waals surface area (Å²) in [4.78, 5) is 11.8. The summed E-state index contributed by atoms with van der Waals surface area (Å²) in [7, 11) is 0. The Morgan fingerprint density at radius 1 is 1.09 bits per heavy atom. The zero-order valence-corrected chi connectivity index (χ0v) is 14.0. The molecule has 0 heterocycles. The lowest BCUT2D eigenvalue weighted by atomic mass is 10.0. The van der Waals surface area contributed by atoms with Gasteiger partial charge in [-0.05, 0) is 56.5 Å². The fourth-order valence-electron chi connectivity index (χ4n) is 2.45. The monoisotopic (exact) mass is 310 g/mol. The average Bonchev–Trinajstić information content (AvgIpc) is 2.48. The van der Waals surface area contributed by atoms with Gasteiger partial charge in [-0.2, -0.15) is 5.10 Å². The zero-order chi connectivity index (χ0) is 16.8. The molecule has 0 saturated carbocycles. The SMILES string of the molecule is Cc1cccc(OCC(=O)N/N=C/c2c(C)cc(C)cc2C)c1. The van der Waals surface area contributed by atoms with Crippen molar-refractivity contribution >= 4 is 12.1 Å². The fraction of sp³-hybridized carbons (Fsp3) is 0.263. The second-order valence-corrected chi connectivity index (χ2v) is 5.71. The maximum Gasteiger partial charge on any atom is 0.277 e. The molecule has 23 heavy (non-hydrogen) atoms. The van der Waals surface area contributed by atoms with Crippen molar-refractivity contribution in [1.82, 2.24) is 5.43 Å². The number of hydrazone groups is 1. The molecule has 2 aromatic rings. The number of hydrogen-bond donors (Lipinski definition) is 1. The zero-order valence-electron chi connectivity index (χ0n) is 14.0. The van der Waals surface area contributed by atoms with Crippen LogP contribution in [0.25, 0.3) is 0 Å². The van der Waals surface area contributed by atoms with E-state index in [1.165, 1.54) is 5.56 Å². The number of benzene rings is 2. The van der Waals surface area contributed by atoms with Crippen molar-refractivity contribution in [3.05, 3.63) is 64.2 Å². The summed E-state index contributed by atoms with van der Waals surface area (Å²) in [5, 5.41) is 4.02. The largest absolute Gasteiger partial charge is 0.484 e. The van der Waals surface area contributed by atoms with Crippen LogP contribution in [0.5, 0.6) is 5.75 Å². The van der Waals surface area contributed by atoms with Crippen LogP contribution in [0.4, 0.5) is 0 Å². The number of nitrogens with one attached hydrogen (secondary N) is 1. The summed E-state index contributed by atoms with van der Waals surface area (Å²) in [6.07, 6.45) is 1.68. The van der Waals surface area contributed by atoms with Crippen molar-refractivity contribution in [2.75, 3.05) is 6.61 Å². The quantitative estimate of drug-likeness (QED) is 0.679. The van der Waals surface area contributed by atoms with E-state index >= 15 is 0 Å². The van der Waals surface area contributed by atoms with Crippen molar-refractivity contribution in [3.63, 3.8) is 0 Å². The normalized spacial score (nSPS) is 10.8. The molecule has 0 bridgehead atoms. The van der Waals surface area contributed by atoms with Crippen LogP contribution >= 0.6 is 0 Å². The van der Waals surface area contributed by atoms with Gasteiger partial charge in [0.1, 0.15) is 5.75 Å². The fourth-order valence-corrected chi connectivity index (χ4v) is 2.45. The number of aryl methyl sites for hydroxylation is 4. The molecular formula is C19H22N2O2. The predicted molar refractivity (Wildman–Crippen MR) is 93.1 cm³/mol. The van der Waals surface area contributed by atoms with Crippen LogP contribution in [0.2, 0.25) is 0 Å². The van der Waals surface area contributed by atoms with Gasteiger partial charge < -0.3 is 4.74 Å². The number of hydrogen-bond acceptors (Lipinski definition) is 3. The lowest BCUT2D eigenvalue weighted by Gasteiger charge is -2.07. The molecule has 0 radical (unpaired) electrons. The number of nitrogens with zero attached hydrogens (tertiary/aromatic N) is 1. The first kappa shape index (κ1) is 16.7. The van der Waals surface area contributed by atoms with E-state index in [-0.39, 0.29) is 12.5 Å². The van der Waals surface area contributed by atoms with Gasteiger partial charge in [-0.3, -0.25) is 4.79 Å².